The third kappa shape index (κ3) is 2.75. The van der Waals surface area contributed by atoms with Crippen LogP contribution in [0.4, 0.5) is 0 Å². The van der Waals surface area contributed by atoms with Crippen LogP contribution in [0.15, 0.2) is 23.8 Å². The van der Waals surface area contributed by atoms with Gasteiger partial charge in [0.25, 0.3) is 0 Å². The first kappa shape index (κ1) is 12.7. The molecule has 1 atom stereocenters. The molecule has 0 radical (unpaired) electrons. The second-order valence-corrected chi connectivity index (χ2v) is 4.81. The molecule has 3 nitrogen and oxygen atoms in total. The highest BCUT2D eigenvalue weighted by atomic mass is 35.5. The van der Waals surface area contributed by atoms with E-state index >= 15 is 0 Å². The molecule has 1 aliphatic rings. The molecule has 92 valence electrons. The van der Waals surface area contributed by atoms with E-state index in [0.29, 0.717) is 23.1 Å². The van der Waals surface area contributed by atoms with Crippen LogP contribution in [0.25, 0.3) is 5.03 Å². The van der Waals surface area contributed by atoms with Gasteiger partial charge < -0.3 is 15.6 Å². The molecule has 0 spiro atoms. The van der Waals surface area contributed by atoms with Gasteiger partial charge in [0, 0.05) is 16.6 Å². The summed E-state index contributed by atoms with van der Waals surface area (Å²) in [6, 6.07) is 5.00. The Morgan fingerprint density at radius 3 is 2.88 bits per heavy atom. The molecule has 0 aliphatic carbocycles. The van der Waals surface area contributed by atoms with Crippen LogP contribution < -0.4 is 10.5 Å². The highest BCUT2D eigenvalue weighted by Gasteiger charge is 2.20. The highest BCUT2D eigenvalue weighted by Crippen LogP contribution is 2.38. The van der Waals surface area contributed by atoms with E-state index < -0.39 is 0 Å². The van der Waals surface area contributed by atoms with E-state index in [4.69, 9.17) is 38.8 Å². The van der Waals surface area contributed by atoms with Crippen molar-refractivity contribution in [3.8, 4) is 5.75 Å². The Bertz CT molecular complexity index is 460. The SMILES string of the molecule is NC(CO)CC1=C(Cl)c2cc(Cl)ccc2OC1. The molecule has 0 aromatic heterocycles. The van der Waals surface area contributed by atoms with Gasteiger partial charge in [-0.2, -0.15) is 0 Å². The van der Waals surface area contributed by atoms with Gasteiger partial charge in [-0.25, -0.2) is 0 Å². The molecule has 1 heterocycles. The van der Waals surface area contributed by atoms with Crippen LogP contribution in [-0.4, -0.2) is 24.4 Å². The van der Waals surface area contributed by atoms with Crippen molar-refractivity contribution >= 4 is 28.2 Å². The minimum atomic E-state index is -0.317. The number of ether oxygens (including phenoxy) is 1. The van der Waals surface area contributed by atoms with E-state index in [1.54, 1.807) is 18.2 Å². The molecule has 2 rings (SSSR count). The van der Waals surface area contributed by atoms with E-state index in [-0.39, 0.29) is 12.6 Å². The summed E-state index contributed by atoms with van der Waals surface area (Å²) >= 11 is 12.2. The molecule has 1 aromatic rings. The second-order valence-electron chi connectivity index (χ2n) is 3.99. The Kier molecular flexibility index (Phi) is 3.94. The molecule has 3 N–H and O–H groups in total. The maximum atomic E-state index is 8.94. The van der Waals surface area contributed by atoms with Crippen molar-refractivity contribution in [2.24, 2.45) is 5.73 Å². The van der Waals surface area contributed by atoms with Gasteiger partial charge in [0.15, 0.2) is 0 Å². The summed E-state index contributed by atoms with van der Waals surface area (Å²) in [5.41, 5.74) is 7.37. The van der Waals surface area contributed by atoms with E-state index in [9.17, 15) is 0 Å². The van der Waals surface area contributed by atoms with Gasteiger partial charge in [-0.3, -0.25) is 0 Å². The van der Waals surface area contributed by atoms with Gasteiger partial charge in [-0.1, -0.05) is 23.2 Å². The van der Waals surface area contributed by atoms with Crippen LogP contribution in [0.5, 0.6) is 5.75 Å². The van der Waals surface area contributed by atoms with Crippen molar-refractivity contribution in [1.29, 1.82) is 0 Å². The quantitative estimate of drug-likeness (QED) is 0.889. The molecular formula is C12H13Cl2NO2. The topological polar surface area (TPSA) is 55.5 Å². The normalized spacial score (nSPS) is 16.5. The number of aliphatic hydroxyl groups is 1. The highest BCUT2D eigenvalue weighted by molar-refractivity contribution is 6.50. The fourth-order valence-corrected chi connectivity index (χ4v) is 2.20. The third-order valence-corrected chi connectivity index (χ3v) is 3.34. The first-order chi connectivity index (χ1) is 8.11. The van der Waals surface area contributed by atoms with Crippen molar-refractivity contribution in [3.63, 3.8) is 0 Å². The number of hydrogen-bond donors (Lipinski definition) is 2. The fraction of sp³-hybridized carbons (Fsp3) is 0.333. The number of benzene rings is 1. The number of rotatable bonds is 3. The summed E-state index contributed by atoms with van der Waals surface area (Å²) in [6.07, 6.45) is 0.515. The minimum absolute atomic E-state index is 0.0733. The summed E-state index contributed by atoms with van der Waals surface area (Å²) in [4.78, 5) is 0. The lowest BCUT2D eigenvalue weighted by Gasteiger charge is -2.22. The molecule has 0 bridgehead atoms. The summed E-state index contributed by atoms with van der Waals surface area (Å²) in [5, 5.41) is 10.2. The maximum absolute atomic E-state index is 8.94. The summed E-state index contributed by atoms with van der Waals surface area (Å²) in [5.74, 6) is 0.723. The predicted octanol–water partition coefficient (Wildman–Crippen LogP) is 2.39. The van der Waals surface area contributed by atoms with Crippen molar-refractivity contribution < 1.29 is 9.84 Å². The van der Waals surface area contributed by atoms with Gasteiger partial charge in [-0.05, 0) is 30.2 Å². The smallest absolute Gasteiger partial charge is 0.128 e. The number of halogens is 2. The van der Waals surface area contributed by atoms with Crippen LogP contribution in [0.3, 0.4) is 0 Å². The molecule has 0 fully saturated rings. The van der Waals surface area contributed by atoms with Crippen LogP contribution in [0, 0.1) is 0 Å². The zero-order chi connectivity index (χ0) is 12.4. The molecule has 5 heteroatoms. The zero-order valence-electron chi connectivity index (χ0n) is 9.12. The standard InChI is InChI=1S/C12H13Cl2NO2/c13-8-1-2-11-10(4-8)12(14)7(6-17-11)3-9(15)5-16/h1-2,4,9,16H,3,5-6,15H2. The lowest BCUT2D eigenvalue weighted by molar-refractivity contribution is 0.260. The zero-order valence-corrected chi connectivity index (χ0v) is 10.6. The number of hydrogen-bond acceptors (Lipinski definition) is 3. The number of fused-ring (bicyclic) bond motifs is 1. The Balaban J connectivity index is 2.33. The maximum Gasteiger partial charge on any atom is 0.128 e. The Morgan fingerprint density at radius 2 is 2.18 bits per heavy atom. The Labute approximate surface area is 110 Å². The summed E-state index contributed by atoms with van der Waals surface area (Å²) in [6.45, 7) is 0.331. The summed E-state index contributed by atoms with van der Waals surface area (Å²) in [7, 11) is 0. The number of aliphatic hydroxyl groups excluding tert-OH is 1. The largest absolute Gasteiger partial charge is 0.489 e. The van der Waals surface area contributed by atoms with Gasteiger partial charge in [0.05, 0.1) is 11.6 Å². The van der Waals surface area contributed by atoms with Crippen LogP contribution in [-0.2, 0) is 0 Å². The first-order valence-electron chi connectivity index (χ1n) is 5.28. The lowest BCUT2D eigenvalue weighted by atomic mass is 10.0. The van der Waals surface area contributed by atoms with E-state index in [2.05, 4.69) is 0 Å². The van der Waals surface area contributed by atoms with Crippen LogP contribution >= 0.6 is 23.2 Å². The third-order valence-electron chi connectivity index (χ3n) is 2.63. The molecule has 17 heavy (non-hydrogen) atoms. The van der Waals surface area contributed by atoms with Crippen LogP contribution in [0.2, 0.25) is 5.02 Å². The van der Waals surface area contributed by atoms with E-state index in [1.165, 1.54) is 0 Å². The monoisotopic (exact) mass is 273 g/mol. The van der Waals surface area contributed by atoms with Gasteiger partial charge >= 0.3 is 0 Å². The number of nitrogens with two attached hydrogens (primary N) is 1. The Morgan fingerprint density at radius 1 is 1.41 bits per heavy atom. The van der Waals surface area contributed by atoms with Gasteiger partial charge in [0.1, 0.15) is 12.4 Å². The molecule has 0 amide bonds. The molecule has 0 saturated heterocycles. The fourth-order valence-electron chi connectivity index (χ4n) is 1.75. The van der Waals surface area contributed by atoms with E-state index in [1.807, 2.05) is 0 Å². The van der Waals surface area contributed by atoms with Crippen molar-refractivity contribution in [1.82, 2.24) is 0 Å². The average molecular weight is 274 g/mol. The molecular weight excluding hydrogens is 261 g/mol. The van der Waals surface area contributed by atoms with Crippen molar-refractivity contribution in [3.05, 3.63) is 34.4 Å². The molecule has 1 unspecified atom stereocenters. The van der Waals surface area contributed by atoms with Gasteiger partial charge in [-0.15, -0.1) is 0 Å². The average Bonchev–Trinajstić information content (AvgIpc) is 2.33. The first-order valence-corrected chi connectivity index (χ1v) is 6.04. The van der Waals surface area contributed by atoms with Crippen LogP contribution in [0.1, 0.15) is 12.0 Å². The summed E-state index contributed by atoms with van der Waals surface area (Å²) < 4.78 is 5.57. The predicted molar refractivity (Wildman–Crippen MR) is 69.4 cm³/mol. The molecule has 1 aromatic carbocycles. The molecule has 1 aliphatic heterocycles. The van der Waals surface area contributed by atoms with Gasteiger partial charge in [0.2, 0.25) is 0 Å². The lowest BCUT2D eigenvalue weighted by Crippen LogP contribution is -2.27. The Hall–Kier alpha value is -0.740. The van der Waals surface area contributed by atoms with Crippen molar-refractivity contribution in [2.75, 3.05) is 13.2 Å². The minimum Gasteiger partial charge on any atom is -0.489 e. The second kappa shape index (κ2) is 5.27. The van der Waals surface area contributed by atoms with Crippen molar-refractivity contribution in [2.45, 2.75) is 12.5 Å². The van der Waals surface area contributed by atoms with E-state index in [0.717, 1.165) is 16.9 Å². The molecule has 0 saturated carbocycles.